The maximum absolute atomic E-state index is 13.3. The largest absolute Gasteiger partial charge is 0.497 e. The molecule has 2 aromatic carbocycles. The summed E-state index contributed by atoms with van der Waals surface area (Å²) in [6, 6.07) is 18.4. The number of benzene rings is 2. The number of anilines is 1. The van der Waals surface area contributed by atoms with Crippen molar-refractivity contribution in [1.29, 1.82) is 0 Å². The number of para-hydroxylation sites is 1. The van der Waals surface area contributed by atoms with Crippen LogP contribution in [0.5, 0.6) is 11.5 Å². The number of hydrogen-bond acceptors (Lipinski definition) is 7. The molecule has 0 aliphatic carbocycles. The molecule has 0 fully saturated rings. The van der Waals surface area contributed by atoms with Crippen molar-refractivity contribution < 1.29 is 18.7 Å². The zero-order valence-electron chi connectivity index (χ0n) is 17.9. The van der Waals surface area contributed by atoms with Gasteiger partial charge in [0, 0.05) is 22.4 Å². The van der Waals surface area contributed by atoms with Gasteiger partial charge in [0.1, 0.15) is 17.2 Å². The number of pyridine rings is 1. The van der Waals surface area contributed by atoms with E-state index in [1.807, 2.05) is 47.8 Å². The number of amides is 1. The van der Waals surface area contributed by atoms with Crippen molar-refractivity contribution in [3.05, 3.63) is 77.9 Å². The number of hydrogen-bond donors (Lipinski definition) is 1. The number of carbonyl (C=O) groups excluding carboxylic acids is 1. The molecule has 0 saturated heterocycles. The zero-order chi connectivity index (χ0) is 22.8. The fraction of sp³-hybridized carbons (Fsp3) is 0.0800. The molecule has 164 valence electrons. The monoisotopic (exact) mass is 457 g/mol. The summed E-state index contributed by atoms with van der Waals surface area (Å²) in [6.45, 7) is 0. The van der Waals surface area contributed by atoms with Crippen molar-refractivity contribution in [3.63, 3.8) is 0 Å². The first-order valence-corrected chi connectivity index (χ1v) is 11.0. The highest BCUT2D eigenvalue weighted by Gasteiger charge is 2.17. The van der Waals surface area contributed by atoms with Gasteiger partial charge in [-0.25, -0.2) is 9.97 Å². The summed E-state index contributed by atoms with van der Waals surface area (Å²) >= 11 is 1.34. The van der Waals surface area contributed by atoms with Gasteiger partial charge in [-0.3, -0.25) is 10.1 Å². The van der Waals surface area contributed by atoms with Gasteiger partial charge in [0.05, 0.1) is 37.3 Å². The van der Waals surface area contributed by atoms with Gasteiger partial charge < -0.3 is 13.9 Å². The van der Waals surface area contributed by atoms with Crippen LogP contribution in [0.4, 0.5) is 5.13 Å². The van der Waals surface area contributed by atoms with Crippen molar-refractivity contribution in [2.75, 3.05) is 19.5 Å². The lowest BCUT2D eigenvalue weighted by Crippen LogP contribution is -2.13. The molecule has 5 aromatic rings. The zero-order valence-corrected chi connectivity index (χ0v) is 18.7. The highest BCUT2D eigenvalue weighted by molar-refractivity contribution is 7.14. The SMILES string of the molecule is COc1ccc(-c2csc(NC(=O)c3cc(-c4ccco4)nc4ccccc34)n2)c(OC)c1. The van der Waals surface area contributed by atoms with E-state index in [0.717, 1.165) is 10.9 Å². The highest BCUT2D eigenvalue weighted by atomic mass is 32.1. The Morgan fingerprint density at radius 2 is 1.85 bits per heavy atom. The van der Waals surface area contributed by atoms with Crippen LogP contribution < -0.4 is 14.8 Å². The van der Waals surface area contributed by atoms with Crippen LogP contribution in [0.2, 0.25) is 0 Å². The van der Waals surface area contributed by atoms with Gasteiger partial charge in [-0.1, -0.05) is 18.2 Å². The Balaban J connectivity index is 1.47. The average Bonchev–Trinajstić information content (AvgIpc) is 3.55. The molecule has 8 heteroatoms. The van der Waals surface area contributed by atoms with Crippen LogP contribution in [0, 0.1) is 0 Å². The predicted octanol–water partition coefficient (Wildman–Crippen LogP) is 5.89. The number of carbonyl (C=O) groups is 1. The molecule has 3 heterocycles. The topological polar surface area (TPSA) is 86.5 Å². The second kappa shape index (κ2) is 8.76. The Bertz CT molecular complexity index is 1440. The molecule has 0 unspecified atom stereocenters. The highest BCUT2D eigenvalue weighted by Crippen LogP contribution is 2.35. The Morgan fingerprint density at radius 1 is 0.970 bits per heavy atom. The van der Waals surface area contributed by atoms with Gasteiger partial charge in [0.15, 0.2) is 10.9 Å². The standard InChI is InChI=1S/C25H19N3O4S/c1-30-15-9-10-17(23(12-15)31-2)21-14-33-25(27-21)28-24(29)18-13-20(22-8-5-11-32-22)26-19-7-4-3-6-16(18)19/h3-14H,1-2H3,(H,27,28,29). The minimum Gasteiger partial charge on any atom is -0.497 e. The van der Waals surface area contributed by atoms with Crippen LogP contribution in [0.15, 0.2) is 76.7 Å². The average molecular weight is 458 g/mol. The third kappa shape index (κ3) is 4.04. The summed E-state index contributed by atoms with van der Waals surface area (Å²) in [7, 11) is 3.20. The van der Waals surface area contributed by atoms with E-state index in [9.17, 15) is 4.79 Å². The van der Waals surface area contributed by atoms with Crippen LogP contribution in [0.3, 0.4) is 0 Å². The van der Waals surface area contributed by atoms with E-state index >= 15 is 0 Å². The maximum atomic E-state index is 13.3. The van der Waals surface area contributed by atoms with Crippen molar-refractivity contribution in [2.45, 2.75) is 0 Å². The van der Waals surface area contributed by atoms with Crippen molar-refractivity contribution >= 4 is 33.3 Å². The third-order valence-electron chi connectivity index (χ3n) is 5.14. The lowest BCUT2D eigenvalue weighted by molar-refractivity contribution is 0.102. The van der Waals surface area contributed by atoms with Crippen molar-refractivity contribution in [1.82, 2.24) is 9.97 Å². The first-order chi connectivity index (χ1) is 16.2. The molecule has 0 radical (unpaired) electrons. The summed E-state index contributed by atoms with van der Waals surface area (Å²) in [4.78, 5) is 22.5. The van der Waals surface area contributed by atoms with E-state index in [-0.39, 0.29) is 5.91 Å². The minimum absolute atomic E-state index is 0.274. The third-order valence-corrected chi connectivity index (χ3v) is 5.90. The lowest BCUT2D eigenvalue weighted by atomic mass is 10.1. The summed E-state index contributed by atoms with van der Waals surface area (Å²) < 4.78 is 16.2. The number of thiazole rings is 1. The summed E-state index contributed by atoms with van der Waals surface area (Å²) in [5.74, 6) is 1.65. The van der Waals surface area contributed by atoms with Gasteiger partial charge in [-0.2, -0.15) is 0 Å². The fourth-order valence-electron chi connectivity index (χ4n) is 3.54. The molecule has 0 atom stereocenters. The summed E-state index contributed by atoms with van der Waals surface area (Å²) in [5, 5.41) is 6.02. The molecule has 1 amide bonds. The van der Waals surface area contributed by atoms with Crippen LogP contribution in [-0.2, 0) is 0 Å². The summed E-state index contributed by atoms with van der Waals surface area (Å²) in [6.07, 6.45) is 1.58. The van der Waals surface area contributed by atoms with E-state index < -0.39 is 0 Å². The number of aromatic nitrogens is 2. The Labute approximate surface area is 193 Å². The molecule has 0 aliphatic heterocycles. The van der Waals surface area contributed by atoms with Crippen molar-refractivity contribution in [3.8, 4) is 34.2 Å². The second-order valence-electron chi connectivity index (χ2n) is 7.11. The normalized spacial score (nSPS) is 10.8. The molecule has 0 spiro atoms. The maximum Gasteiger partial charge on any atom is 0.258 e. The number of ether oxygens (including phenoxy) is 2. The smallest absolute Gasteiger partial charge is 0.258 e. The predicted molar refractivity (Wildman–Crippen MR) is 128 cm³/mol. The number of rotatable bonds is 6. The number of nitrogens with one attached hydrogen (secondary N) is 1. The van der Waals surface area contributed by atoms with Gasteiger partial charge in [-0.15, -0.1) is 11.3 Å². The van der Waals surface area contributed by atoms with Crippen LogP contribution in [-0.4, -0.2) is 30.1 Å². The molecule has 0 bridgehead atoms. The van der Waals surface area contributed by atoms with Gasteiger partial charge in [0.2, 0.25) is 0 Å². The summed E-state index contributed by atoms with van der Waals surface area (Å²) in [5.41, 5.74) is 3.30. The van der Waals surface area contributed by atoms with Crippen LogP contribution >= 0.6 is 11.3 Å². The van der Waals surface area contributed by atoms with E-state index in [2.05, 4.69) is 15.3 Å². The van der Waals surface area contributed by atoms with E-state index in [0.29, 0.717) is 44.9 Å². The molecule has 5 rings (SSSR count). The first-order valence-electron chi connectivity index (χ1n) is 10.1. The first kappa shape index (κ1) is 20.7. The molecule has 0 saturated carbocycles. The van der Waals surface area contributed by atoms with Crippen molar-refractivity contribution in [2.24, 2.45) is 0 Å². The quantitative estimate of drug-likeness (QED) is 0.342. The Morgan fingerprint density at radius 3 is 2.64 bits per heavy atom. The van der Waals surface area contributed by atoms with E-state index in [1.54, 1.807) is 38.7 Å². The van der Waals surface area contributed by atoms with E-state index in [4.69, 9.17) is 13.9 Å². The number of furan rings is 1. The Hall–Kier alpha value is -4.17. The van der Waals surface area contributed by atoms with Crippen LogP contribution in [0.25, 0.3) is 33.6 Å². The van der Waals surface area contributed by atoms with Gasteiger partial charge in [0.25, 0.3) is 5.91 Å². The molecule has 1 N–H and O–H groups in total. The van der Waals surface area contributed by atoms with Gasteiger partial charge >= 0.3 is 0 Å². The molecule has 7 nitrogen and oxygen atoms in total. The lowest BCUT2D eigenvalue weighted by Gasteiger charge is -2.09. The Kier molecular flexibility index (Phi) is 5.50. The molecule has 33 heavy (non-hydrogen) atoms. The number of methoxy groups -OCH3 is 2. The second-order valence-corrected chi connectivity index (χ2v) is 7.97. The number of fused-ring (bicyclic) bond motifs is 1. The molecular formula is C25H19N3O4S. The number of nitrogens with zero attached hydrogens (tertiary/aromatic N) is 2. The molecular weight excluding hydrogens is 438 g/mol. The minimum atomic E-state index is -0.274. The molecule has 3 aromatic heterocycles. The van der Waals surface area contributed by atoms with E-state index in [1.165, 1.54) is 11.3 Å². The van der Waals surface area contributed by atoms with Crippen LogP contribution in [0.1, 0.15) is 10.4 Å². The fourth-order valence-corrected chi connectivity index (χ4v) is 4.25. The molecule has 0 aliphatic rings. The van der Waals surface area contributed by atoms with Gasteiger partial charge in [-0.05, 0) is 36.4 Å².